The average molecular weight is 776 g/mol. The Morgan fingerprint density at radius 1 is 0.667 bits per heavy atom. The summed E-state index contributed by atoms with van der Waals surface area (Å²) in [6, 6.07) is 0. The fourth-order valence-electron chi connectivity index (χ4n) is 4.61. The van der Waals surface area contributed by atoms with Gasteiger partial charge in [0.05, 0.1) is 19.3 Å². The minimum Gasteiger partial charge on any atom is -0.462 e. The fourth-order valence-corrected chi connectivity index (χ4v) is 5.37. The quantitative estimate of drug-likeness (QED) is 0.0186. The second-order valence-electron chi connectivity index (χ2n) is 12.6. The normalized spacial score (nSPS) is 15.0. The zero-order valence-electron chi connectivity index (χ0n) is 33.0. The Labute approximate surface area is 326 Å². The van der Waals surface area contributed by atoms with Crippen LogP contribution in [0.3, 0.4) is 0 Å². The molecule has 0 bridgehead atoms. The van der Waals surface area contributed by atoms with Crippen LogP contribution in [0.15, 0.2) is 97.2 Å². The van der Waals surface area contributed by atoms with Gasteiger partial charge in [0.1, 0.15) is 6.61 Å². The summed E-state index contributed by atoms with van der Waals surface area (Å²) in [4.78, 5) is 34.7. The number of rotatable bonds is 35. The van der Waals surface area contributed by atoms with Crippen LogP contribution in [0.2, 0.25) is 0 Å². The first-order chi connectivity index (χ1) is 26.2. The molecule has 54 heavy (non-hydrogen) atoms. The summed E-state index contributed by atoms with van der Waals surface area (Å²) >= 11 is 0. The Bertz CT molecular complexity index is 1220. The molecular formula is C43H70NO9P. The summed E-state index contributed by atoms with van der Waals surface area (Å²) < 4.78 is 32.6. The standard InChI is InChI=1S/C43H70NO9P/c1-3-5-7-8-9-10-11-12-13-14-17-20-23-26-30-34-42(46)50-38-41(39-52-54(48,49)51-37-36-44)53-43(47)35-31-27-24-21-18-15-16-19-22-25-29-33-40(45)32-28-6-4-2/h5,7,9-10,12-13,15-17,20-22,24-25,29,33,40-41,45H,3-4,6,8,11,14,18-19,23,26-28,30-32,34-39,44H2,1-2H3,(H,48,49)/b7-5-,10-9-,13-12-,16-15-,20-17-,24-21-,25-22-,33-29+/t40-,41+/m0/s1. The van der Waals surface area contributed by atoms with Gasteiger partial charge >= 0.3 is 19.8 Å². The topological polar surface area (TPSA) is 155 Å². The maximum Gasteiger partial charge on any atom is 0.472 e. The Morgan fingerprint density at radius 2 is 1.24 bits per heavy atom. The molecular weight excluding hydrogens is 705 g/mol. The van der Waals surface area contributed by atoms with E-state index >= 15 is 0 Å². The number of carbonyl (C=O) groups excluding carboxylic acids is 2. The molecule has 0 rings (SSSR count). The van der Waals surface area contributed by atoms with Crippen LogP contribution in [0.1, 0.15) is 123 Å². The van der Waals surface area contributed by atoms with Crippen molar-refractivity contribution in [3.8, 4) is 0 Å². The third kappa shape index (κ3) is 37.2. The van der Waals surface area contributed by atoms with Crippen LogP contribution >= 0.6 is 7.82 Å². The molecule has 0 saturated heterocycles. The van der Waals surface area contributed by atoms with E-state index in [2.05, 4.69) is 74.6 Å². The van der Waals surface area contributed by atoms with Crippen LogP contribution in [0, 0.1) is 0 Å². The van der Waals surface area contributed by atoms with Crippen LogP contribution < -0.4 is 5.73 Å². The van der Waals surface area contributed by atoms with Gasteiger partial charge in [-0.25, -0.2) is 4.57 Å². The van der Waals surface area contributed by atoms with Gasteiger partial charge in [0, 0.05) is 19.4 Å². The minimum atomic E-state index is -4.42. The number of unbranched alkanes of at least 4 members (excludes halogenated alkanes) is 5. The molecule has 0 aromatic carbocycles. The molecule has 0 aromatic rings. The van der Waals surface area contributed by atoms with E-state index in [0.717, 1.165) is 77.0 Å². The Hall–Kier alpha value is -3.11. The van der Waals surface area contributed by atoms with E-state index in [-0.39, 0.29) is 38.7 Å². The largest absolute Gasteiger partial charge is 0.472 e. The summed E-state index contributed by atoms with van der Waals surface area (Å²) in [6.45, 7) is 3.32. The van der Waals surface area contributed by atoms with Crippen molar-refractivity contribution in [2.75, 3.05) is 26.4 Å². The molecule has 306 valence electrons. The molecule has 0 spiro atoms. The maximum atomic E-state index is 12.5. The van der Waals surface area contributed by atoms with Gasteiger partial charge in [0.25, 0.3) is 0 Å². The van der Waals surface area contributed by atoms with Crippen molar-refractivity contribution in [3.05, 3.63) is 97.2 Å². The number of nitrogens with two attached hydrogens (primary N) is 1. The lowest BCUT2D eigenvalue weighted by Gasteiger charge is -2.19. The number of phosphoric ester groups is 1. The molecule has 0 heterocycles. The number of aliphatic hydroxyl groups excluding tert-OH is 1. The zero-order valence-corrected chi connectivity index (χ0v) is 33.9. The van der Waals surface area contributed by atoms with Crippen LogP contribution in [0.4, 0.5) is 0 Å². The van der Waals surface area contributed by atoms with E-state index < -0.39 is 32.5 Å². The second kappa shape index (κ2) is 38.2. The molecule has 0 aromatic heterocycles. The van der Waals surface area contributed by atoms with Gasteiger partial charge in [0.15, 0.2) is 6.10 Å². The van der Waals surface area contributed by atoms with Crippen LogP contribution in [-0.4, -0.2) is 60.5 Å². The van der Waals surface area contributed by atoms with Crippen LogP contribution in [0.5, 0.6) is 0 Å². The summed E-state index contributed by atoms with van der Waals surface area (Å²) in [5.74, 6) is -0.983. The van der Waals surface area contributed by atoms with Crippen molar-refractivity contribution in [3.63, 3.8) is 0 Å². The van der Waals surface area contributed by atoms with E-state index in [4.69, 9.17) is 24.3 Å². The number of carbonyl (C=O) groups is 2. The summed E-state index contributed by atoms with van der Waals surface area (Å²) in [7, 11) is -4.42. The molecule has 4 N–H and O–H groups in total. The van der Waals surface area contributed by atoms with Gasteiger partial charge < -0.3 is 25.2 Å². The first kappa shape index (κ1) is 50.9. The molecule has 0 aliphatic heterocycles. The number of ether oxygens (including phenoxy) is 2. The van der Waals surface area contributed by atoms with Crippen molar-refractivity contribution in [1.82, 2.24) is 0 Å². The third-order valence-electron chi connectivity index (χ3n) is 7.56. The predicted molar refractivity (Wildman–Crippen MR) is 221 cm³/mol. The van der Waals surface area contributed by atoms with E-state index in [1.54, 1.807) is 0 Å². The molecule has 10 nitrogen and oxygen atoms in total. The number of hydrogen-bond donors (Lipinski definition) is 3. The summed E-state index contributed by atoms with van der Waals surface area (Å²) in [5, 5.41) is 9.88. The lowest BCUT2D eigenvalue weighted by molar-refractivity contribution is -0.161. The summed E-state index contributed by atoms with van der Waals surface area (Å²) in [5.41, 5.74) is 5.32. The monoisotopic (exact) mass is 775 g/mol. The van der Waals surface area contributed by atoms with Gasteiger partial charge in [-0.1, -0.05) is 130 Å². The van der Waals surface area contributed by atoms with E-state index in [9.17, 15) is 24.2 Å². The molecule has 0 radical (unpaired) electrons. The van der Waals surface area contributed by atoms with E-state index in [1.165, 1.54) is 0 Å². The zero-order chi connectivity index (χ0) is 39.8. The van der Waals surface area contributed by atoms with E-state index in [0.29, 0.717) is 19.3 Å². The van der Waals surface area contributed by atoms with Crippen molar-refractivity contribution in [2.45, 2.75) is 135 Å². The third-order valence-corrected chi connectivity index (χ3v) is 8.54. The maximum absolute atomic E-state index is 12.5. The Kier molecular flexibility index (Phi) is 36.0. The summed E-state index contributed by atoms with van der Waals surface area (Å²) in [6.07, 6.45) is 44.9. The smallest absolute Gasteiger partial charge is 0.462 e. The SMILES string of the molecule is CC/C=C\C/C=C\C/C=C\C/C=C\CCCCC(=O)OC[C@H](COP(=O)(O)OCCN)OC(=O)CCC/C=C\C/C=C\C/C=C\C=C\[C@@H](O)CCCCC. The highest BCUT2D eigenvalue weighted by molar-refractivity contribution is 7.47. The molecule has 0 saturated carbocycles. The first-order valence-corrected chi connectivity index (χ1v) is 21.3. The molecule has 0 aliphatic carbocycles. The number of hydrogen-bond acceptors (Lipinski definition) is 9. The highest BCUT2D eigenvalue weighted by Gasteiger charge is 2.25. The molecule has 0 amide bonds. The van der Waals surface area contributed by atoms with E-state index in [1.807, 2.05) is 36.5 Å². The molecule has 11 heteroatoms. The predicted octanol–water partition coefficient (Wildman–Crippen LogP) is 10.0. The lowest BCUT2D eigenvalue weighted by atomic mass is 10.1. The lowest BCUT2D eigenvalue weighted by Crippen LogP contribution is -2.29. The molecule has 0 fully saturated rings. The number of allylic oxidation sites excluding steroid dienone is 15. The number of aliphatic hydroxyl groups is 1. The van der Waals surface area contributed by atoms with Crippen molar-refractivity contribution >= 4 is 19.8 Å². The highest BCUT2D eigenvalue weighted by Crippen LogP contribution is 2.43. The highest BCUT2D eigenvalue weighted by atomic mass is 31.2. The average Bonchev–Trinajstić information content (AvgIpc) is 3.15. The fraction of sp³-hybridized carbons (Fsp3) is 0.581. The number of esters is 2. The number of phosphoric acid groups is 1. The van der Waals surface area contributed by atoms with Crippen molar-refractivity contribution < 1.29 is 42.7 Å². The van der Waals surface area contributed by atoms with Gasteiger partial charge in [0.2, 0.25) is 0 Å². The van der Waals surface area contributed by atoms with Gasteiger partial charge in [-0.15, -0.1) is 0 Å². The van der Waals surface area contributed by atoms with Crippen molar-refractivity contribution in [2.24, 2.45) is 5.73 Å². The Morgan fingerprint density at radius 3 is 1.85 bits per heavy atom. The minimum absolute atomic E-state index is 0.0257. The molecule has 3 atom stereocenters. The second-order valence-corrected chi connectivity index (χ2v) is 14.1. The van der Waals surface area contributed by atoms with Gasteiger partial charge in [-0.2, -0.15) is 0 Å². The Balaban J connectivity index is 4.45. The first-order valence-electron chi connectivity index (χ1n) is 19.8. The van der Waals surface area contributed by atoms with Gasteiger partial charge in [-0.3, -0.25) is 18.6 Å². The molecule has 0 aliphatic rings. The molecule has 1 unspecified atom stereocenters. The van der Waals surface area contributed by atoms with Crippen molar-refractivity contribution in [1.29, 1.82) is 0 Å². The van der Waals surface area contributed by atoms with Crippen LogP contribution in [-0.2, 0) is 32.7 Å². The van der Waals surface area contributed by atoms with Gasteiger partial charge in [-0.05, 0) is 77.0 Å². The van der Waals surface area contributed by atoms with Crippen LogP contribution in [0.25, 0.3) is 0 Å².